The van der Waals surface area contributed by atoms with Gasteiger partial charge in [0.2, 0.25) is 0 Å². The molecule has 0 aromatic heterocycles. The Labute approximate surface area is 114 Å². The average Bonchev–Trinajstić information content (AvgIpc) is 2.76. The predicted molar refractivity (Wildman–Crippen MR) is 72.2 cm³/mol. The fraction of sp³-hybridized carbons (Fsp3) is 0.462. The van der Waals surface area contributed by atoms with Gasteiger partial charge in [-0.3, -0.25) is 4.79 Å². The fourth-order valence-corrected chi connectivity index (χ4v) is 3.14. The zero-order chi connectivity index (χ0) is 13.1. The smallest absolute Gasteiger partial charge is 0.255 e. The van der Waals surface area contributed by atoms with Gasteiger partial charge < -0.3 is 15.5 Å². The van der Waals surface area contributed by atoms with Gasteiger partial charge in [0.1, 0.15) is 11.5 Å². The lowest BCUT2D eigenvalue weighted by Crippen LogP contribution is -2.37. The van der Waals surface area contributed by atoms with Gasteiger partial charge in [-0.2, -0.15) is 0 Å². The van der Waals surface area contributed by atoms with Crippen molar-refractivity contribution in [1.82, 2.24) is 5.32 Å². The van der Waals surface area contributed by atoms with E-state index in [0.717, 1.165) is 24.6 Å². The van der Waals surface area contributed by atoms with Crippen molar-refractivity contribution in [2.24, 2.45) is 5.92 Å². The maximum atomic E-state index is 12.0. The van der Waals surface area contributed by atoms with Gasteiger partial charge in [0.25, 0.3) is 5.91 Å². The number of carbonyl (C=O) groups is 1. The van der Waals surface area contributed by atoms with Crippen molar-refractivity contribution in [3.8, 4) is 11.5 Å². The summed E-state index contributed by atoms with van der Waals surface area (Å²) in [7, 11) is 0. The Kier molecular flexibility index (Phi) is 4.11. The van der Waals surface area contributed by atoms with Gasteiger partial charge in [0, 0.05) is 17.4 Å². The number of hydrogen-bond acceptors (Lipinski definition) is 3. The second-order valence-corrected chi connectivity index (χ2v) is 5.27. The van der Waals surface area contributed by atoms with Crippen LogP contribution in [0.5, 0.6) is 11.5 Å². The summed E-state index contributed by atoms with van der Waals surface area (Å²) in [4.78, 5) is 12.0. The summed E-state index contributed by atoms with van der Waals surface area (Å²) in [6.45, 7) is 0. The first-order chi connectivity index (χ1) is 8.61. The molecule has 3 N–H and O–H groups in total. The molecular formula is C13H16BrNO3. The van der Waals surface area contributed by atoms with Crippen molar-refractivity contribution >= 4 is 21.8 Å². The Bertz CT molecular complexity index is 450. The molecule has 0 bridgehead atoms. The molecule has 4 nitrogen and oxygen atoms in total. The molecule has 0 saturated heterocycles. The van der Waals surface area contributed by atoms with Gasteiger partial charge in [0.05, 0.1) is 5.56 Å². The molecule has 1 amide bonds. The molecule has 2 unspecified atom stereocenters. The van der Waals surface area contributed by atoms with Crippen LogP contribution in [0.15, 0.2) is 18.2 Å². The quantitative estimate of drug-likeness (QED) is 0.750. The Morgan fingerprint density at radius 2 is 2.17 bits per heavy atom. The number of phenolic OH excluding ortho intramolecular Hbond substituents is 2. The van der Waals surface area contributed by atoms with Gasteiger partial charge in [-0.25, -0.2) is 0 Å². The highest BCUT2D eigenvalue weighted by molar-refractivity contribution is 9.09. The minimum Gasteiger partial charge on any atom is -0.508 e. The Morgan fingerprint density at radius 3 is 2.83 bits per heavy atom. The van der Waals surface area contributed by atoms with Gasteiger partial charge in [-0.1, -0.05) is 22.4 Å². The summed E-state index contributed by atoms with van der Waals surface area (Å²) in [6, 6.07) is 4.15. The minimum absolute atomic E-state index is 0.0525. The van der Waals surface area contributed by atoms with Gasteiger partial charge in [0.15, 0.2) is 0 Å². The van der Waals surface area contributed by atoms with Crippen LogP contribution in [0.2, 0.25) is 0 Å². The first-order valence-electron chi connectivity index (χ1n) is 6.00. The maximum absolute atomic E-state index is 12.0. The molecule has 0 radical (unpaired) electrons. The second kappa shape index (κ2) is 5.61. The summed E-state index contributed by atoms with van der Waals surface area (Å²) >= 11 is 3.45. The van der Waals surface area contributed by atoms with Crippen molar-refractivity contribution in [2.45, 2.75) is 25.3 Å². The van der Waals surface area contributed by atoms with E-state index in [9.17, 15) is 15.0 Å². The van der Waals surface area contributed by atoms with E-state index in [1.165, 1.54) is 18.2 Å². The third-order valence-corrected chi connectivity index (χ3v) is 4.23. The SMILES string of the molecule is O=C(NC1CCCC1CBr)c1ccc(O)cc1O. The summed E-state index contributed by atoms with van der Waals surface area (Å²) in [5.41, 5.74) is 0.202. The Hall–Kier alpha value is -1.23. The lowest BCUT2D eigenvalue weighted by Gasteiger charge is -2.19. The molecule has 0 heterocycles. The number of phenols is 2. The van der Waals surface area contributed by atoms with Crippen LogP contribution in [0.25, 0.3) is 0 Å². The summed E-state index contributed by atoms with van der Waals surface area (Å²) in [5, 5.41) is 22.6. The molecule has 1 fully saturated rings. The molecule has 1 aliphatic rings. The number of alkyl halides is 1. The first kappa shape index (κ1) is 13.2. The van der Waals surface area contributed by atoms with Crippen molar-refractivity contribution in [2.75, 3.05) is 5.33 Å². The van der Waals surface area contributed by atoms with Crippen LogP contribution >= 0.6 is 15.9 Å². The van der Waals surface area contributed by atoms with E-state index >= 15 is 0 Å². The van der Waals surface area contributed by atoms with E-state index < -0.39 is 0 Å². The molecule has 1 saturated carbocycles. The summed E-state index contributed by atoms with van der Waals surface area (Å²) < 4.78 is 0. The van der Waals surface area contributed by atoms with Crippen LogP contribution in [0.4, 0.5) is 0 Å². The Balaban J connectivity index is 2.07. The highest BCUT2D eigenvalue weighted by Gasteiger charge is 2.28. The first-order valence-corrected chi connectivity index (χ1v) is 7.12. The molecule has 1 aromatic rings. The topological polar surface area (TPSA) is 69.6 Å². The molecule has 1 aromatic carbocycles. The van der Waals surface area contributed by atoms with Crippen LogP contribution in [-0.2, 0) is 0 Å². The predicted octanol–water partition coefficient (Wildman–Crippen LogP) is 2.39. The molecule has 1 aliphatic carbocycles. The summed E-state index contributed by atoms with van der Waals surface area (Å²) in [5.74, 6) is -0.0808. The number of nitrogens with one attached hydrogen (secondary N) is 1. The van der Waals surface area contributed by atoms with Crippen molar-refractivity contribution in [1.29, 1.82) is 0 Å². The lowest BCUT2D eigenvalue weighted by atomic mass is 10.1. The van der Waals surface area contributed by atoms with Gasteiger partial charge in [-0.05, 0) is 30.9 Å². The number of amides is 1. The number of benzene rings is 1. The van der Waals surface area contributed by atoms with Crippen molar-refractivity contribution in [3.05, 3.63) is 23.8 Å². The molecule has 5 heteroatoms. The molecular weight excluding hydrogens is 298 g/mol. The minimum atomic E-state index is -0.287. The van der Waals surface area contributed by atoms with Crippen LogP contribution in [0.3, 0.4) is 0 Å². The lowest BCUT2D eigenvalue weighted by molar-refractivity contribution is 0.0927. The van der Waals surface area contributed by atoms with E-state index in [-0.39, 0.29) is 29.0 Å². The van der Waals surface area contributed by atoms with E-state index in [1.807, 2.05) is 0 Å². The molecule has 2 rings (SSSR count). The van der Waals surface area contributed by atoms with Crippen LogP contribution in [-0.4, -0.2) is 27.5 Å². The maximum Gasteiger partial charge on any atom is 0.255 e. The largest absolute Gasteiger partial charge is 0.508 e. The number of carbonyl (C=O) groups excluding carboxylic acids is 1. The zero-order valence-electron chi connectivity index (χ0n) is 9.90. The van der Waals surface area contributed by atoms with E-state index in [1.54, 1.807) is 0 Å². The molecule has 0 aliphatic heterocycles. The monoisotopic (exact) mass is 313 g/mol. The standard InChI is InChI=1S/C13H16BrNO3/c14-7-8-2-1-3-11(8)15-13(18)10-5-4-9(16)6-12(10)17/h4-6,8,11,16-17H,1-3,7H2,(H,15,18). The van der Waals surface area contributed by atoms with Crippen LogP contribution < -0.4 is 5.32 Å². The highest BCUT2D eigenvalue weighted by Crippen LogP contribution is 2.28. The molecule has 0 spiro atoms. The third-order valence-electron chi connectivity index (χ3n) is 3.40. The third kappa shape index (κ3) is 2.77. The normalized spacial score (nSPS) is 22.9. The van der Waals surface area contributed by atoms with E-state index in [4.69, 9.17) is 0 Å². The number of rotatable bonds is 3. The summed E-state index contributed by atoms with van der Waals surface area (Å²) in [6.07, 6.45) is 3.20. The van der Waals surface area contributed by atoms with E-state index in [0.29, 0.717) is 5.92 Å². The number of aromatic hydroxyl groups is 2. The Morgan fingerprint density at radius 1 is 1.39 bits per heavy atom. The molecule has 2 atom stereocenters. The number of halogens is 1. The molecule has 98 valence electrons. The fourth-order valence-electron chi connectivity index (χ4n) is 2.37. The highest BCUT2D eigenvalue weighted by atomic mass is 79.9. The van der Waals surface area contributed by atoms with Crippen molar-refractivity contribution < 1.29 is 15.0 Å². The van der Waals surface area contributed by atoms with Gasteiger partial charge >= 0.3 is 0 Å². The van der Waals surface area contributed by atoms with Crippen LogP contribution in [0.1, 0.15) is 29.6 Å². The van der Waals surface area contributed by atoms with Crippen molar-refractivity contribution in [3.63, 3.8) is 0 Å². The van der Waals surface area contributed by atoms with E-state index in [2.05, 4.69) is 21.2 Å². The molecule has 18 heavy (non-hydrogen) atoms. The number of hydrogen-bond donors (Lipinski definition) is 3. The van der Waals surface area contributed by atoms with Crippen LogP contribution in [0, 0.1) is 5.92 Å². The van der Waals surface area contributed by atoms with Gasteiger partial charge in [-0.15, -0.1) is 0 Å². The average molecular weight is 314 g/mol. The second-order valence-electron chi connectivity index (χ2n) is 4.63. The zero-order valence-corrected chi connectivity index (χ0v) is 11.5.